The van der Waals surface area contributed by atoms with Crippen molar-refractivity contribution < 1.29 is 19.8 Å². The minimum atomic E-state index is -1.03. The van der Waals surface area contributed by atoms with Crippen molar-refractivity contribution >= 4 is 0 Å². The van der Waals surface area contributed by atoms with Gasteiger partial charge in [-0.15, -0.1) is 20.2 Å². The van der Waals surface area contributed by atoms with Crippen LogP contribution in [-0.4, -0.2) is 29.4 Å². The van der Waals surface area contributed by atoms with Gasteiger partial charge in [0, 0.05) is 0 Å². The van der Waals surface area contributed by atoms with E-state index in [-0.39, 0.29) is 16.7 Å². The molecule has 5 atom stereocenters. The third-order valence-electron chi connectivity index (χ3n) is 7.28. The van der Waals surface area contributed by atoms with E-state index in [1.54, 1.807) is 0 Å². The molecule has 0 amide bonds. The molecule has 30 heavy (non-hydrogen) atoms. The molecule has 0 aromatic carbocycles. The number of fused-ring (bicyclic) bond motifs is 2. The zero-order chi connectivity index (χ0) is 22.7. The Morgan fingerprint density at radius 2 is 1.93 bits per heavy atom. The first-order chi connectivity index (χ1) is 13.9. The highest BCUT2D eigenvalue weighted by Gasteiger charge is 2.53. The van der Waals surface area contributed by atoms with Gasteiger partial charge in [0.2, 0.25) is 0 Å². The second-order valence-corrected chi connectivity index (χ2v) is 9.80. The van der Waals surface area contributed by atoms with Crippen molar-refractivity contribution in [3.05, 3.63) is 44.0 Å². The van der Waals surface area contributed by atoms with Gasteiger partial charge in [-0.05, 0) is 67.7 Å². The maximum Gasteiger partial charge on any atom is 0.294 e. The van der Waals surface area contributed by atoms with E-state index >= 15 is 0 Å². The van der Waals surface area contributed by atoms with Crippen LogP contribution in [0, 0.1) is 42.4 Å². The Hall–Kier alpha value is -2.16. The maximum atomic E-state index is 11.1. The Balaban J connectivity index is 2.45. The first-order valence-corrected chi connectivity index (χ1v) is 10.5. The number of nitrogens with two attached hydrogens (primary N) is 1. The van der Waals surface area contributed by atoms with Crippen molar-refractivity contribution in [1.82, 2.24) is 0 Å². The summed E-state index contributed by atoms with van der Waals surface area (Å²) >= 11 is 0. The molecule has 170 valence electrons. The summed E-state index contributed by atoms with van der Waals surface area (Å²) in [4.78, 5) is 31.2. The topological polar surface area (TPSA) is 131 Å². The van der Waals surface area contributed by atoms with Gasteiger partial charge in [0.25, 0.3) is 10.2 Å². The zero-order valence-corrected chi connectivity index (χ0v) is 18.5. The highest BCUT2D eigenvalue weighted by molar-refractivity contribution is 5.28. The van der Waals surface area contributed by atoms with E-state index in [1.807, 2.05) is 6.92 Å². The van der Waals surface area contributed by atoms with Crippen LogP contribution in [0.4, 0.5) is 0 Å². The molecule has 5 unspecified atom stereocenters. The SMILES string of the molecule is C=C(C)C1(C)CC2=CC(C)(C(CC)C(CO[N+](=O)[O-])O[N+](=O)[O-])CC(CCN)(C2)C1. The molecule has 1 saturated carbocycles. The minimum absolute atomic E-state index is 0.00619. The molecule has 1 fully saturated rings. The van der Waals surface area contributed by atoms with Crippen LogP contribution in [0.2, 0.25) is 0 Å². The second-order valence-electron chi connectivity index (χ2n) is 9.80. The standard InChI is InChI=1S/C21H35N3O6/c1-6-17(18(30-24(27)28)12-29-23(25)26)20(5)10-16-9-19(4,15(2)3)13-21(11-16,14-20)7-8-22/h10,17-18H,2,6-9,11-14,22H2,1,3-5H3. The third kappa shape index (κ3) is 5.11. The molecule has 2 aliphatic carbocycles. The van der Waals surface area contributed by atoms with E-state index in [0.717, 1.165) is 37.7 Å². The third-order valence-corrected chi connectivity index (χ3v) is 7.28. The Morgan fingerprint density at radius 3 is 2.43 bits per heavy atom. The van der Waals surface area contributed by atoms with Gasteiger partial charge >= 0.3 is 0 Å². The fraction of sp³-hybridized carbons (Fsp3) is 0.810. The van der Waals surface area contributed by atoms with Crippen molar-refractivity contribution in [3.8, 4) is 0 Å². The van der Waals surface area contributed by atoms with Gasteiger partial charge in [-0.25, -0.2) is 0 Å². The lowest BCUT2D eigenvalue weighted by Crippen LogP contribution is -2.49. The number of rotatable bonds is 11. The summed E-state index contributed by atoms with van der Waals surface area (Å²) in [5.41, 5.74) is 8.01. The van der Waals surface area contributed by atoms with E-state index in [0.29, 0.717) is 13.0 Å². The van der Waals surface area contributed by atoms with E-state index in [9.17, 15) is 20.2 Å². The van der Waals surface area contributed by atoms with Crippen molar-refractivity contribution in [1.29, 1.82) is 0 Å². The smallest absolute Gasteiger partial charge is 0.294 e. The van der Waals surface area contributed by atoms with Crippen LogP contribution in [0.25, 0.3) is 0 Å². The summed E-state index contributed by atoms with van der Waals surface area (Å²) in [6.45, 7) is 12.6. The Bertz CT molecular complexity index is 726. The van der Waals surface area contributed by atoms with E-state index in [1.165, 1.54) is 5.57 Å². The minimum Gasteiger partial charge on any atom is -0.330 e. The molecule has 2 rings (SSSR count). The summed E-state index contributed by atoms with van der Waals surface area (Å²) in [7, 11) is 0. The summed E-state index contributed by atoms with van der Waals surface area (Å²) in [6, 6.07) is 0. The lowest BCUT2D eigenvalue weighted by atomic mass is 9.48. The van der Waals surface area contributed by atoms with Crippen LogP contribution >= 0.6 is 0 Å². The summed E-state index contributed by atoms with van der Waals surface area (Å²) in [6.07, 6.45) is 6.23. The van der Waals surface area contributed by atoms with Gasteiger partial charge in [-0.1, -0.05) is 51.0 Å². The van der Waals surface area contributed by atoms with Gasteiger partial charge in [-0.3, -0.25) is 0 Å². The van der Waals surface area contributed by atoms with Crippen LogP contribution in [-0.2, 0) is 9.68 Å². The van der Waals surface area contributed by atoms with Crippen LogP contribution in [0.5, 0.6) is 0 Å². The Labute approximate surface area is 177 Å². The lowest BCUT2D eigenvalue weighted by molar-refractivity contribution is -0.792. The van der Waals surface area contributed by atoms with Gasteiger partial charge in [-0.2, -0.15) is 0 Å². The molecule has 2 aliphatic rings. The largest absolute Gasteiger partial charge is 0.330 e. The first-order valence-electron chi connectivity index (χ1n) is 10.5. The molecular formula is C21H35N3O6. The van der Waals surface area contributed by atoms with Crippen molar-refractivity contribution in [2.24, 2.45) is 27.9 Å². The van der Waals surface area contributed by atoms with Gasteiger partial charge in [0.15, 0.2) is 0 Å². The Kier molecular flexibility index (Phi) is 7.16. The fourth-order valence-corrected chi connectivity index (χ4v) is 6.28. The predicted octanol–water partition coefficient (Wildman–Crippen LogP) is 4.24. The quantitative estimate of drug-likeness (QED) is 0.297. The highest BCUT2D eigenvalue weighted by atomic mass is 17.0. The van der Waals surface area contributed by atoms with Gasteiger partial charge in [0.05, 0.1) is 0 Å². The molecule has 0 aromatic rings. The predicted molar refractivity (Wildman–Crippen MR) is 112 cm³/mol. The highest BCUT2D eigenvalue weighted by Crippen LogP contribution is 2.62. The molecule has 0 heterocycles. The normalized spacial score (nSPS) is 32.5. The van der Waals surface area contributed by atoms with Crippen LogP contribution in [0.1, 0.15) is 66.2 Å². The average Bonchev–Trinajstić information content (AvgIpc) is 2.57. The monoisotopic (exact) mass is 425 g/mol. The fourth-order valence-electron chi connectivity index (χ4n) is 6.28. The number of nitrogens with zero attached hydrogens (tertiary/aromatic N) is 2. The first kappa shape index (κ1) is 24.1. The van der Waals surface area contributed by atoms with Crippen LogP contribution in [0.15, 0.2) is 23.8 Å². The molecule has 2 N–H and O–H groups in total. The summed E-state index contributed by atoms with van der Waals surface area (Å²) in [5, 5.41) is 20.0. The molecule has 9 nitrogen and oxygen atoms in total. The molecule has 0 saturated heterocycles. The number of hydrogen-bond acceptors (Lipinski definition) is 7. The van der Waals surface area contributed by atoms with E-state index in [2.05, 4.69) is 38.3 Å². The Morgan fingerprint density at radius 1 is 1.27 bits per heavy atom. The maximum absolute atomic E-state index is 11.1. The molecule has 0 aromatic heterocycles. The summed E-state index contributed by atoms with van der Waals surface area (Å²) < 4.78 is 0. The van der Waals surface area contributed by atoms with Gasteiger partial charge in [0.1, 0.15) is 12.7 Å². The lowest BCUT2D eigenvalue weighted by Gasteiger charge is -2.56. The number of hydrogen-bond donors (Lipinski definition) is 1. The number of allylic oxidation sites excluding steroid dienone is 3. The van der Waals surface area contributed by atoms with Crippen LogP contribution < -0.4 is 5.73 Å². The molecule has 0 spiro atoms. The van der Waals surface area contributed by atoms with E-state index in [4.69, 9.17) is 10.6 Å². The second kappa shape index (κ2) is 8.91. The average molecular weight is 426 g/mol. The summed E-state index contributed by atoms with van der Waals surface area (Å²) in [5.74, 6) is -0.315. The van der Waals surface area contributed by atoms with Crippen molar-refractivity contribution in [3.63, 3.8) is 0 Å². The molecule has 0 radical (unpaired) electrons. The van der Waals surface area contributed by atoms with Crippen molar-refractivity contribution in [2.75, 3.05) is 13.2 Å². The molecule has 2 bridgehead atoms. The molecule has 0 aliphatic heterocycles. The zero-order valence-electron chi connectivity index (χ0n) is 18.5. The van der Waals surface area contributed by atoms with Gasteiger partial charge < -0.3 is 15.4 Å². The molecular weight excluding hydrogens is 390 g/mol. The van der Waals surface area contributed by atoms with Crippen LogP contribution in [0.3, 0.4) is 0 Å². The molecule has 9 heteroatoms. The van der Waals surface area contributed by atoms with Crippen molar-refractivity contribution in [2.45, 2.75) is 72.3 Å². The van der Waals surface area contributed by atoms with E-state index < -0.39 is 28.3 Å².